The van der Waals surface area contributed by atoms with E-state index in [-0.39, 0.29) is 0 Å². The molecule has 3 nitrogen and oxygen atoms in total. The Hall–Kier alpha value is -1.45. The van der Waals surface area contributed by atoms with Crippen LogP contribution < -0.4 is 0 Å². The van der Waals surface area contributed by atoms with E-state index in [2.05, 4.69) is 11.9 Å². The largest absolute Gasteiger partial charge is 0.385 e. The monoisotopic (exact) mass is 285 g/mol. The zero-order chi connectivity index (χ0) is 14.9. The molecule has 0 amide bonds. The van der Waals surface area contributed by atoms with Crippen molar-refractivity contribution in [1.82, 2.24) is 4.98 Å². The zero-order valence-corrected chi connectivity index (χ0v) is 12.7. The molecule has 0 aliphatic heterocycles. The van der Waals surface area contributed by atoms with Crippen LogP contribution in [0.2, 0.25) is 0 Å². The number of nitrogens with zero attached hydrogens (tertiary/aromatic N) is 1. The standard InChI is InChI=1S/C18H23NO2/c1-13-5-4-9-18(11-13,21-2)17(20)16-7-3-6-14-12-19-10-8-15(14)16/h3,6-8,10,12-13,17,20H,4-5,9,11H2,1-2H3. The first kappa shape index (κ1) is 14.5. The number of ether oxygens (including phenoxy) is 1. The number of hydrogen-bond donors (Lipinski definition) is 1. The maximum absolute atomic E-state index is 11.1. The molecule has 2 aromatic rings. The molecule has 21 heavy (non-hydrogen) atoms. The summed E-state index contributed by atoms with van der Waals surface area (Å²) in [5, 5.41) is 13.2. The Balaban J connectivity index is 2.04. The molecule has 1 fully saturated rings. The van der Waals surface area contributed by atoms with Crippen LogP contribution in [0.1, 0.15) is 44.3 Å². The highest BCUT2D eigenvalue weighted by Gasteiger charge is 2.42. The van der Waals surface area contributed by atoms with Crippen LogP contribution in [0.5, 0.6) is 0 Å². The Bertz CT molecular complexity index is 622. The van der Waals surface area contributed by atoms with Crippen molar-refractivity contribution in [3.63, 3.8) is 0 Å². The minimum atomic E-state index is -0.601. The van der Waals surface area contributed by atoms with E-state index in [1.807, 2.05) is 30.5 Å². The number of aromatic nitrogens is 1. The normalized spacial score (nSPS) is 27.7. The molecule has 0 bridgehead atoms. The minimum absolute atomic E-state index is 0.463. The lowest BCUT2D eigenvalue weighted by atomic mass is 9.73. The van der Waals surface area contributed by atoms with Gasteiger partial charge in [-0.3, -0.25) is 4.98 Å². The summed E-state index contributed by atoms with van der Waals surface area (Å²) >= 11 is 0. The fourth-order valence-electron chi connectivity index (χ4n) is 3.76. The summed E-state index contributed by atoms with van der Waals surface area (Å²) in [4.78, 5) is 4.16. The second kappa shape index (κ2) is 5.74. The van der Waals surface area contributed by atoms with E-state index in [1.54, 1.807) is 13.3 Å². The van der Waals surface area contributed by atoms with Crippen LogP contribution in [0, 0.1) is 5.92 Å². The van der Waals surface area contributed by atoms with Crippen LogP contribution in [0.15, 0.2) is 36.7 Å². The van der Waals surface area contributed by atoms with E-state index in [0.29, 0.717) is 5.92 Å². The second-order valence-electron chi connectivity index (χ2n) is 6.32. The van der Waals surface area contributed by atoms with Gasteiger partial charge in [0, 0.05) is 24.9 Å². The van der Waals surface area contributed by atoms with Gasteiger partial charge in [-0.2, -0.15) is 0 Å². The predicted molar refractivity (Wildman–Crippen MR) is 84.1 cm³/mol. The Kier molecular flexibility index (Phi) is 3.96. The molecule has 1 heterocycles. The van der Waals surface area contributed by atoms with Gasteiger partial charge in [0.05, 0.1) is 5.60 Å². The van der Waals surface area contributed by atoms with Gasteiger partial charge in [0.15, 0.2) is 0 Å². The summed E-state index contributed by atoms with van der Waals surface area (Å²) in [5.74, 6) is 0.588. The molecule has 1 aliphatic rings. The lowest BCUT2D eigenvalue weighted by molar-refractivity contribution is -0.133. The molecule has 3 atom stereocenters. The average molecular weight is 285 g/mol. The maximum atomic E-state index is 11.1. The molecule has 1 aliphatic carbocycles. The highest BCUT2D eigenvalue weighted by Crippen LogP contribution is 2.44. The molecule has 3 rings (SSSR count). The van der Waals surface area contributed by atoms with Crippen LogP contribution in [0.25, 0.3) is 10.8 Å². The van der Waals surface area contributed by atoms with Gasteiger partial charge in [0.2, 0.25) is 0 Å². The SMILES string of the molecule is COC1(C(O)c2cccc3cnccc23)CCCC(C)C1. The van der Waals surface area contributed by atoms with Crippen molar-refractivity contribution < 1.29 is 9.84 Å². The maximum Gasteiger partial charge on any atom is 0.109 e. The number of aliphatic hydroxyl groups is 1. The highest BCUT2D eigenvalue weighted by molar-refractivity contribution is 5.85. The summed E-state index contributed by atoms with van der Waals surface area (Å²) in [6.07, 6.45) is 7.17. The van der Waals surface area contributed by atoms with Gasteiger partial charge < -0.3 is 9.84 Å². The molecule has 1 saturated carbocycles. The highest BCUT2D eigenvalue weighted by atomic mass is 16.5. The summed E-state index contributed by atoms with van der Waals surface area (Å²) in [6, 6.07) is 8.00. The molecule has 1 aromatic carbocycles. The van der Waals surface area contributed by atoms with E-state index >= 15 is 0 Å². The van der Waals surface area contributed by atoms with Crippen molar-refractivity contribution >= 4 is 10.8 Å². The fraction of sp³-hybridized carbons (Fsp3) is 0.500. The van der Waals surface area contributed by atoms with E-state index < -0.39 is 11.7 Å². The number of methoxy groups -OCH3 is 1. The van der Waals surface area contributed by atoms with Crippen LogP contribution in [0.4, 0.5) is 0 Å². The van der Waals surface area contributed by atoms with Gasteiger partial charge in [0.25, 0.3) is 0 Å². The van der Waals surface area contributed by atoms with Crippen molar-refractivity contribution in [2.24, 2.45) is 5.92 Å². The van der Waals surface area contributed by atoms with Crippen molar-refractivity contribution in [1.29, 1.82) is 0 Å². The number of aliphatic hydroxyl groups excluding tert-OH is 1. The van der Waals surface area contributed by atoms with Gasteiger partial charge in [-0.05, 0) is 35.8 Å². The van der Waals surface area contributed by atoms with Gasteiger partial charge in [-0.1, -0.05) is 38.0 Å². The lowest BCUT2D eigenvalue weighted by Gasteiger charge is -2.42. The Morgan fingerprint density at radius 2 is 2.24 bits per heavy atom. The molecular formula is C18H23NO2. The Morgan fingerprint density at radius 1 is 1.38 bits per heavy atom. The first-order chi connectivity index (χ1) is 10.2. The summed E-state index contributed by atoms with van der Waals surface area (Å²) < 4.78 is 5.85. The number of pyridine rings is 1. The van der Waals surface area contributed by atoms with Crippen molar-refractivity contribution in [3.8, 4) is 0 Å². The third-order valence-electron chi connectivity index (χ3n) is 4.90. The van der Waals surface area contributed by atoms with Crippen LogP contribution >= 0.6 is 0 Å². The first-order valence-corrected chi connectivity index (χ1v) is 7.72. The summed E-state index contributed by atoms with van der Waals surface area (Å²) in [6.45, 7) is 2.24. The fourth-order valence-corrected chi connectivity index (χ4v) is 3.76. The van der Waals surface area contributed by atoms with Crippen molar-refractivity contribution in [2.45, 2.75) is 44.3 Å². The second-order valence-corrected chi connectivity index (χ2v) is 6.32. The first-order valence-electron chi connectivity index (χ1n) is 7.72. The molecule has 0 radical (unpaired) electrons. The lowest BCUT2D eigenvalue weighted by Crippen LogP contribution is -2.42. The van der Waals surface area contributed by atoms with Gasteiger partial charge in [-0.15, -0.1) is 0 Å². The van der Waals surface area contributed by atoms with Gasteiger partial charge in [-0.25, -0.2) is 0 Å². The smallest absolute Gasteiger partial charge is 0.109 e. The van der Waals surface area contributed by atoms with E-state index in [0.717, 1.165) is 35.6 Å². The van der Waals surface area contributed by atoms with E-state index in [4.69, 9.17) is 4.74 Å². The summed E-state index contributed by atoms with van der Waals surface area (Å²) in [5.41, 5.74) is 0.487. The quantitative estimate of drug-likeness (QED) is 0.931. The van der Waals surface area contributed by atoms with Gasteiger partial charge >= 0.3 is 0 Å². The number of fused-ring (bicyclic) bond motifs is 1. The van der Waals surface area contributed by atoms with Crippen LogP contribution in [0.3, 0.4) is 0 Å². The van der Waals surface area contributed by atoms with Gasteiger partial charge in [0.1, 0.15) is 6.10 Å². The molecule has 0 spiro atoms. The zero-order valence-electron chi connectivity index (χ0n) is 12.7. The third kappa shape index (κ3) is 2.56. The number of hydrogen-bond acceptors (Lipinski definition) is 3. The summed E-state index contributed by atoms with van der Waals surface area (Å²) in [7, 11) is 1.73. The van der Waals surface area contributed by atoms with Crippen LogP contribution in [-0.4, -0.2) is 22.8 Å². The number of rotatable bonds is 3. The molecular weight excluding hydrogens is 262 g/mol. The molecule has 3 unspecified atom stereocenters. The Morgan fingerprint density at radius 3 is 3.00 bits per heavy atom. The molecule has 1 aromatic heterocycles. The predicted octanol–water partition coefficient (Wildman–Crippen LogP) is 3.86. The van der Waals surface area contributed by atoms with E-state index in [1.165, 1.54) is 6.42 Å². The molecule has 0 saturated heterocycles. The average Bonchev–Trinajstić information content (AvgIpc) is 2.53. The Labute approximate surface area is 126 Å². The molecule has 1 N–H and O–H groups in total. The minimum Gasteiger partial charge on any atom is -0.385 e. The molecule has 3 heteroatoms. The van der Waals surface area contributed by atoms with E-state index in [9.17, 15) is 5.11 Å². The van der Waals surface area contributed by atoms with Crippen molar-refractivity contribution in [2.75, 3.05) is 7.11 Å². The number of benzene rings is 1. The third-order valence-corrected chi connectivity index (χ3v) is 4.90. The van der Waals surface area contributed by atoms with Crippen molar-refractivity contribution in [3.05, 3.63) is 42.2 Å². The molecule has 112 valence electrons. The van der Waals surface area contributed by atoms with Crippen LogP contribution in [-0.2, 0) is 4.74 Å². The topological polar surface area (TPSA) is 42.4 Å².